The molecule has 0 fully saturated rings. The summed E-state index contributed by atoms with van der Waals surface area (Å²) in [5, 5.41) is 5.21. The molecule has 0 aliphatic rings. The number of hydrogen-bond donors (Lipinski definition) is 1. The number of para-hydroxylation sites is 2. The third-order valence-corrected chi connectivity index (χ3v) is 5.50. The van der Waals surface area contributed by atoms with Crippen LogP contribution in [0.1, 0.15) is 29.2 Å². The Kier molecular flexibility index (Phi) is 5.66. The second kappa shape index (κ2) is 8.55. The van der Waals surface area contributed by atoms with E-state index in [-0.39, 0.29) is 17.9 Å². The summed E-state index contributed by atoms with van der Waals surface area (Å²) in [6, 6.07) is 17.1. The third kappa shape index (κ3) is 4.26. The van der Waals surface area contributed by atoms with Crippen LogP contribution in [0.15, 0.2) is 59.4 Å². The molecule has 1 amide bonds. The van der Waals surface area contributed by atoms with Crippen LogP contribution in [0, 0.1) is 13.8 Å². The Labute approximate surface area is 180 Å². The van der Waals surface area contributed by atoms with Crippen LogP contribution in [0.4, 0.5) is 0 Å². The Balaban J connectivity index is 1.45. The number of nitrogens with one attached hydrogen (secondary N) is 1. The van der Waals surface area contributed by atoms with Crippen LogP contribution in [-0.4, -0.2) is 37.6 Å². The zero-order valence-electron chi connectivity index (χ0n) is 17.9. The smallest absolute Gasteiger partial charge is 0.258 e. The number of hydrogen-bond acceptors (Lipinski definition) is 4. The Morgan fingerprint density at radius 1 is 1.06 bits per heavy atom. The molecule has 0 atom stereocenters. The van der Waals surface area contributed by atoms with E-state index in [2.05, 4.69) is 15.1 Å². The van der Waals surface area contributed by atoms with Crippen molar-refractivity contribution in [3.8, 4) is 5.69 Å². The van der Waals surface area contributed by atoms with Gasteiger partial charge in [-0.25, -0.2) is 9.67 Å². The summed E-state index contributed by atoms with van der Waals surface area (Å²) in [4.78, 5) is 33.9. The molecular weight excluding hydrogens is 390 g/mol. The summed E-state index contributed by atoms with van der Waals surface area (Å²) in [7, 11) is 1.79. The number of amides is 1. The first-order valence-corrected chi connectivity index (χ1v) is 10.3. The fourth-order valence-electron chi connectivity index (χ4n) is 3.72. The molecule has 7 heteroatoms. The van der Waals surface area contributed by atoms with E-state index in [1.165, 1.54) is 0 Å². The topological polar surface area (TPSA) is 83.9 Å². The Hall–Kier alpha value is -3.74. The van der Waals surface area contributed by atoms with Gasteiger partial charge in [-0.15, -0.1) is 0 Å². The number of aromatic nitrogens is 4. The van der Waals surface area contributed by atoms with E-state index in [1.54, 1.807) is 30.1 Å². The number of carbonyl (C=O) groups excluding carboxylic acids is 1. The number of fused-ring (bicyclic) bond motifs is 1. The minimum Gasteiger partial charge on any atom is -0.341 e. The summed E-state index contributed by atoms with van der Waals surface area (Å²) >= 11 is 0. The van der Waals surface area contributed by atoms with Crippen molar-refractivity contribution in [2.24, 2.45) is 0 Å². The van der Waals surface area contributed by atoms with Crippen LogP contribution in [0.25, 0.3) is 16.6 Å². The van der Waals surface area contributed by atoms with Gasteiger partial charge >= 0.3 is 0 Å². The Morgan fingerprint density at radius 3 is 2.55 bits per heavy atom. The van der Waals surface area contributed by atoms with Crippen LogP contribution in [-0.2, 0) is 17.8 Å². The summed E-state index contributed by atoms with van der Waals surface area (Å²) in [6.07, 6.45) is 0.646. The number of aromatic amines is 1. The molecule has 1 N–H and O–H groups in total. The van der Waals surface area contributed by atoms with Crippen LogP contribution in [0.2, 0.25) is 0 Å². The van der Waals surface area contributed by atoms with E-state index in [9.17, 15) is 9.59 Å². The highest BCUT2D eigenvalue weighted by molar-refractivity contribution is 5.78. The molecule has 2 aromatic heterocycles. The van der Waals surface area contributed by atoms with Gasteiger partial charge in [-0.05, 0) is 38.1 Å². The van der Waals surface area contributed by atoms with Gasteiger partial charge in [0.15, 0.2) is 0 Å². The standard InChI is InChI=1S/C24H25N5O2/c1-16-20(17(2)29(27-16)18-9-5-4-6-10-18)15-28(3)23(30)14-13-22-25-21-12-8-7-11-19(21)24(31)26-22/h4-12H,13-15H2,1-3H3,(H,25,26,31). The predicted molar refractivity (Wildman–Crippen MR) is 120 cm³/mol. The lowest BCUT2D eigenvalue weighted by molar-refractivity contribution is -0.130. The van der Waals surface area contributed by atoms with Gasteiger partial charge in [0, 0.05) is 37.7 Å². The molecule has 158 valence electrons. The fourth-order valence-corrected chi connectivity index (χ4v) is 3.72. The Bertz CT molecular complexity index is 1290. The van der Waals surface area contributed by atoms with Crippen LogP contribution in [0.5, 0.6) is 0 Å². The van der Waals surface area contributed by atoms with E-state index >= 15 is 0 Å². The van der Waals surface area contributed by atoms with Gasteiger partial charge < -0.3 is 9.88 Å². The van der Waals surface area contributed by atoms with E-state index in [0.717, 1.165) is 22.6 Å². The monoisotopic (exact) mass is 415 g/mol. The lowest BCUT2D eigenvalue weighted by Gasteiger charge is -2.17. The van der Waals surface area contributed by atoms with Gasteiger partial charge in [0.05, 0.1) is 22.3 Å². The molecule has 2 heterocycles. The SMILES string of the molecule is Cc1nn(-c2ccccc2)c(C)c1CN(C)C(=O)CCc1nc2ccccc2c(=O)[nH]1. The second-order valence-corrected chi connectivity index (χ2v) is 7.68. The molecule has 0 radical (unpaired) electrons. The zero-order valence-corrected chi connectivity index (χ0v) is 17.9. The van der Waals surface area contributed by atoms with Crippen LogP contribution < -0.4 is 5.56 Å². The van der Waals surface area contributed by atoms with E-state index < -0.39 is 0 Å². The minimum absolute atomic E-state index is 0.0120. The maximum Gasteiger partial charge on any atom is 0.258 e. The van der Waals surface area contributed by atoms with Crippen molar-refractivity contribution in [2.45, 2.75) is 33.2 Å². The van der Waals surface area contributed by atoms with E-state index in [4.69, 9.17) is 0 Å². The molecular formula is C24H25N5O2. The molecule has 31 heavy (non-hydrogen) atoms. The molecule has 4 rings (SSSR count). The van der Waals surface area contributed by atoms with E-state index in [1.807, 2.05) is 54.9 Å². The molecule has 0 aliphatic carbocycles. The molecule has 0 unspecified atom stereocenters. The summed E-state index contributed by atoms with van der Waals surface area (Å²) in [6.45, 7) is 4.46. The fraction of sp³-hybridized carbons (Fsp3) is 0.250. The molecule has 2 aromatic carbocycles. The highest BCUT2D eigenvalue weighted by Gasteiger charge is 2.17. The number of carbonyl (C=O) groups is 1. The maximum atomic E-state index is 12.7. The summed E-state index contributed by atoms with van der Waals surface area (Å²) < 4.78 is 1.91. The van der Waals surface area contributed by atoms with Gasteiger partial charge in [0.2, 0.25) is 5.91 Å². The largest absolute Gasteiger partial charge is 0.341 e. The summed E-state index contributed by atoms with van der Waals surface area (Å²) in [5.41, 5.74) is 4.42. The molecule has 0 saturated carbocycles. The van der Waals surface area contributed by atoms with Crippen molar-refractivity contribution < 1.29 is 4.79 Å². The van der Waals surface area contributed by atoms with Gasteiger partial charge in [0.1, 0.15) is 5.82 Å². The molecule has 4 aromatic rings. The highest BCUT2D eigenvalue weighted by atomic mass is 16.2. The first kappa shape index (κ1) is 20.5. The van der Waals surface area contributed by atoms with Gasteiger partial charge in [-0.3, -0.25) is 9.59 Å². The first-order chi connectivity index (χ1) is 14.9. The Morgan fingerprint density at radius 2 is 1.77 bits per heavy atom. The first-order valence-electron chi connectivity index (χ1n) is 10.3. The lowest BCUT2D eigenvalue weighted by Crippen LogP contribution is -2.27. The van der Waals surface area contributed by atoms with Gasteiger partial charge in [-0.1, -0.05) is 30.3 Å². The predicted octanol–water partition coefficient (Wildman–Crippen LogP) is 3.32. The van der Waals surface area contributed by atoms with Crippen LogP contribution >= 0.6 is 0 Å². The van der Waals surface area contributed by atoms with Crippen molar-refractivity contribution in [2.75, 3.05) is 7.05 Å². The molecule has 7 nitrogen and oxygen atoms in total. The number of benzene rings is 2. The normalized spacial score (nSPS) is 11.1. The highest BCUT2D eigenvalue weighted by Crippen LogP contribution is 2.19. The van der Waals surface area contributed by atoms with Crippen molar-refractivity contribution in [3.05, 3.63) is 87.7 Å². The number of nitrogens with zero attached hydrogens (tertiary/aromatic N) is 4. The van der Waals surface area contributed by atoms with Gasteiger partial charge in [-0.2, -0.15) is 5.10 Å². The second-order valence-electron chi connectivity index (χ2n) is 7.68. The molecule has 0 aliphatic heterocycles. The number of H-pyrrole nitrogens is 1. The molecule has 0 saturated heterocycles. The van der Waals surface area contributed by atoms with Crippen molar-refractivity contribution in [3.63, 3.8) is 0 Å². The molecule has 0 bridgehead atoms. The zero-order chi connectivity index (χ0) is 22.0. The summed E-state index contributed by atoms with van der Waals surface area (Å²) in [5.74, 6) is 0.511. The van der Waals surface area contributed by atoms with Crippen molar-refractivity contribution >= 4 is 16.8 Å². The maximum absolute atomic E-state index is 12.7. The quantitative estimate of drug-likeness (QED) is 0.524. The minimum atomic E-state index is -0.180. The van der Waals surface area contributed by atoms with Crippen molar-refractivity contribution in [1.29, 1.82) is 0 Å². The van der Waals surface area contributed by atoms with Gasteiger partial charge in [0.25, 0.3) is 5.56 Å². The average molecular weight is 415 g/mol. The van der Waals surface area contributed by atoms with E-state index in [0.29, 0.717) is 29.7 Å². The van der Waals surface area contributed by atoms with Crippen LogP contribution in [0.3, 0.4) is 0 Å². The third-order valence-electron chi connectivity index (χ3n) is 5.50. The van der Waals surface area contributed by atoms with Crippen molar-refractivity contribution in [1.82, 2.24) is 24.6 Å². The lowest BCUT2D eigenvalue weighted by atomic mass is 10.1. The number of aryl methyl sites for hydroxylation is 2. The average Bonchev–Trinajstić information content (AvgIpc) is 3.06. The number of rotatable bonds is 6. The molecule has 0 spiro atoms.